The highest BCUT2D eigenvalue weighted by molar-refractivity contribution is 5.81. The fourth-order valence-corrected chi connectivity index (χ4v) is 1.87. The minimum Gasteiger partial charge on any atom is -0.369 e. The predicted octanol–water partition coefficient (Wildman–Crippen LogP) is 4.03. The zero-order valence-corrected chi connectivity index (χ0v) is 13.3. The monoisotopic (exact) mass is 275 g/mol. The molecule has 0 aliphatic heterocycles. The van der Waals surface area contributed by atoms with Crippen LogP contribution in [0.1, 0.15) is 40.5 Å². The molecule has 0 atom stereocenters. The summed E-state index contributed by atoms with van der Waals surface area (Å²) in [5.41, 5.74) is 7.12. The first-order valence-corrected chi connectivity index (χ1v) is 7.63. The van der Waals surface area contributed by atoms with Crippen molar-refractivity contribution in [3.05, 3.63) is 30.3 Å². The van der Waals surface area contributed by atoms with Crippen LogP contribution in [0.15, 0.2) is 35.3 Å². The lowest BCUT2D eigenvalue weighted by Crippen LogP contribution is -2.39. The quantitative estimate of drug-likeness (QED) is 0.603. The van der Waals surface area contributed by atoms with Crippen LogP contribution in [-0.4, -0.2) is 23.9 Å². The van der Waals surface area contributed by atoms with E-state index in [0.29, 0.717) is 17.8 Å². The zero-order chi connectivity index (χ0) is 15.0. The summed E-state index contributed by atoms with van der Waals surface area (Å²) in [5, 5.41) is 0. The number of guanidine groups is 1. The van der Waals surface area contributed by atoms with E-state index < -0.39 is 0 Å². The van der Waals surface area contributed by atoms with Gasteiger partial charge in [-0.3, -0.25) is 0 Å². The standard InChI is InChI=1S/C17H29N3/c1-14(2)10-12-20(13-11-15(3)4)17(18)19-16-8-6-5-7-9-16/h5-9,14-15H,10-13H2,1-4H3,(H2,18,19). The number of nitrogens with zero attached hydrogens (tertiary/aromatic N) is 2. The molecule has 0 aliphatic rings. The lowest BCUT2D eigenvalue weighted by atomic mass is 10.1. The van der Waals surface area contributed by atoms with Crippen LogP contribution in [-0.2, 0) is 0 Å². The highest BCUT2D eigenvalue weighted by Crippen LogP contribution is 2.12. The first-order chi connectivity index (χ1) is 9.49. The Morgan fingerprint density at radius 1 is 1.00 bits per heavy atom. The van der Waals surface area contributed by atoms with Crippen molar-refractivity contribution in [2.75, 3.05) is 13.1 Å². The van der Waals surface area contributed by atoms with Crippen molar-refractivity contribution in [3.63, 3.8) is 0 Å². The molecule has 0 fully saturated rings. The lowest BCUT2D eigenvalue weighted by Gasteiger charge is -2.25. The summed E-state index contributed by atoms with van der Waals surface area (Å²) in [6.07, 6.45) is 2.28. The maximum Gasteiger partial charge on any atom is 0.196 e. The minimum absolute atomic E-state index is 0.637. The largest absolute Gasteiger partial charge is 0.369 e. The first-order valence-electron chi connectivity index (χ1n) is 7.63. The van der Waals surface area contributed by atoms with Crippen LogP contribution in [0.5, 0.6) is 0 Å². The van der Waals surface area contributed by atoms with Crippen molar-refractivity contribution in [1.29, 1.82) is 0 Å². The first kappa shape index (κ1) is 16.5. The molecule has 0 heterocycles. The number of para-hydroxylation sites is 1. The lowest BCUT2D eigenvalue weighted by molar-refractivity contribution is 0.351. The van der Waals surface area contributed by atoms with E-state index >= 15 is 0 Å². The van der Waals surface area contributed by atoms with Gasteiger partial charge in [-0.25, -0.2) is 4.99 Å². The van der Waals surface area contributed by atoms with E-state index in [0.717, 1.165) is 31.6 Å². The van der Waals surface area contributed by atoms with Crippen molar-refractivity contribution in [2.24, 2.45) is 22.6 Å². The Balaban J connectivity index is 2.71. The maximum absolute atomic E-state index is 6.20. The molecule has 3 nitrogen and oxygen atoms in total. The molecule has 3 heteroatoms. The van der Waals surface area contributed by atoms with Gasteiger partial charge in [0.25, 0.3) is 0 Å². The Kier molecular flexibility index (Phi) is 7.13. The van der Waals surface area contributed by atoms with Gasteiger partial charge < -0.3 is 10.6 Å². The molecule has 112 valence electrons. The SMILES string of the molecule is CC(C)CCN(CCC(C)C)C(N)=Nc1ccccc1. The van der Waals surface area contributed by atoms with Gasteiger partial charge in [-0.05, 0) is 36.8 Å². The van der Waals surface area contributed by atoms with Gasteiger partial charge in [0, 0.05) is 13.1 Å². The van der Waals surface area contributed by atoms with E-state index in [1.165, 1.54) is 0 Å². The van der Waals surface area contributed by atoms with Crippen LogP contribution in [0, 0.1) is 11.8 Å². The molecule has 0 unspecified atom stereocenters. The number of hydrogen-bond donors (Lipinski definition) is 1. The fourth-order valence-electron chi connectivity index (χ4n) is 1.87. The van der Waals surface area contributed by atoms with Crippen molar-refractivity contribution >= 4 is 11.6 Å². The molecule has 2 N–H and O–H groups in total. The fraction of sp³-hybridized carbons (Fsp3) is 0.588. The topological polar surface area (TPSA) is 41.6 Å². The van der Waals surface area contributed by atoms with Gasteiger partial charge in [0.15, 0.2) is 5.96 Å². The number of rotatable bonds is 7. The van der Waals surface area contributed by atoms with Gasteiger partial charge in [-0.1, -0.05) is 45.9 Å². The average Bonchev–Trinajstić information content (AvgIpc) is 2.39. The van der Waals surface area contributed by atoms with Crippen LogP contribution in [0.2, 0.25) is 0 Å². The van der Waals surface area contributed by atoms with E-state index in [2.05, 4.69) is 37.6 Å². The number of hydrogen-bond acceptors (Lipinski definition) is 1. The summed E-state index contributed by atoms with van der Waals surface area (Å²) in [7, 11) is 0. The van der Waals surface area contributed by atoms with Crippen molar-refractivity contribution in [1.82, 2.24) is 4.90 Å². The molecule has 0 aliphatic carbocycles. The van der Waals surface area contributed by atoms with Gasteiger partial charge in [0.2, 0.25) is 0 Å². The Labute approximate surface area is 123 Å². The number of nitrogens with two attached hydrogens (primary N) is 1. The third kappa shape index (κ3) is 6.60. The summed E-state index contributed by atoms with van der Waals surface area (Å²) in [6.45, 7) is 10.9. The molecule has 0 saturated heterocycles. The van der Waals surface area contributed by atoms with Gasteiger partial charge in [0.1, 0.15) is 0 Å². The van der Waals surface area contributed by atoms with Crippen LogP contribution >= 0.6 is 0 Å². The second-order valence-electron chi connectivity index (χ2n) is 6.16. The maximum atomic E-state index is 6.20. The molecule has 1 aromatic rings. The smallest absolute Gasteiger partial charge is 0.196 e. The Bertz CT molecular complexity index is 384. The molecule has 0 amide bonds. The third-order valence-electron chi connectivity index (χ3n) is 3.28. The zero-order valence-electron chi connectivity index (χ0n) is 13.3. The molecule has 0 radical (unpaired) electrons. The Morgan fingerprint density at radius 2 is 1.50 bits per heavy atom. The van der Waals surface area contributed by atoms with E-state index in [9.17, 15) is 0 Å². The van der Waals surface area contributed by atoms with E-state index in [1.54, 1.807) is 0 Å². The van der Waals surface area contributed by atoms with E-state index in [1.807, 2.05) is 30.3 Å². The average molecular weight is 275 g/mol. The van der Waals surface area contributed by atoms with Crippen molar-refractivity contribution in [3.8, 4) is 0 Å². The van der Waals surface area contributed by atoms with Gasteiger partial charge in [-0.2, -0.15) is 0 Å². The highest BCUT2D eigenvalue weighted by atomic mass is 15.2. The molecule has 0 spiro atoms. The summed E-state index contributed by atoms with van der Waals surface area (Å²) < 4.78 is 0. The minimum atomic E-state index is 0.637. The molecular weight excluding hydrogens is 246 g/mol. The van der Waals surface area contributed by atoms with E-state index in [-0.39, 0.29) is 0 Å². The van der Waals surface area contributed by atoms with Gasteiger partial charge >= 0.3 is 0 Å². The van der Waals surface area contributed by atoms with Crippen molar-refractivity contribution < 1.29 is 0 Å². The van der Waals surface area contributed by atoms with Crippen LogP contribution in [0.25, 0.3) is 0 Å². The number of aliphatic imine (C=N–C) groups is 1. The van der Waals surface area contributed by atoms with Crippen molar-refractivity contribution in [2.45, 2.75) is 40.5 Å². The summed E-state index contributed by atoms with van der Waals surface area (Å²) in [4.78, 5) is 6.75. The molecule has 0 saturated carbocycles. The number of benzene rings is 1. The summed E-state index contributed by atoms with van der Waals surface area (Å²) in [5.74, 6) is 2.00. The van der Waals surface area contributed by atoms with Crippen LogP contribution in [0.3, 0.4) is 0 Å². The summed E-state index contributed by atoms with van der Waals surface area (Å²) >= 11 is 0. The van der Waals surface area contributed by atoms with Gasteiger partial charge in [0.05, 0.1) is 5.69 Å². The third-order valence-corrected chi connectivity index (χ3v) is 3.28. The molecular formula is C17H29N3. The highest BCUT2D eigenvalue weighted by Gasteiger charge is 2.10. The molecule has 1 rings (SSSR count). The Morgan fingerprint density at radius 3 is 1.95 bits per heavy atom. The molecule has 1 aromatic carbocycles. The molecule has 0 bridgehead atoms. The summed E-state index contributed by atoms with van der Waals surface area (Å²) in [6, 6.07) is 9.92. The second-order valence-corrected chi connectivity index (χ2v) is 6.16. The Hall–Kier alpha value is -1.51. The van der Waals surface area contributed by atoms with Crippen LogP contribution in [0.4, 0.5) is 5.69 Å². The normalized spacial score (nSPS) is 12.2. The molecule has 20 heavy (non-hydrogen) atoms. The predicted molar refractivity (Wildman–Crippen MR) is 88.2 cm³/mol. The van der Waals surface area contributed by atoms with Crippen LogP contribution < -0.4 is 5.73 Å². The van der Waals surface area contributed by atoms with Gasteiger partial charge in [-0.15, -0.1) is 0 Å². The van der Waals surface area contributed by atoms with E-state index in [4.69, 9.17) is 5.73 Å². The second kappa shape index (κ2) is 8.62. The molecule has 0 aromatic heterocycles.